The summed E-state index contributed by atoms with van der Waals surface area (Å²) in [6, 6.07) is 0. The maximum atomic E-state index is 9.62. The first kappa shape index (κ1) is 6.87. The molecule has 64 valence electrons. The molecule has 1 fully saturated rings. The standard InChI is InChI=1S/C10H12O2/c11-10(12)4-3-8-6-1-2-7(5-6)9(8)10/h1-4,6-9,11-12H,5H2. The zero-order valence-electron chi connectivity index (χ0n) is 6.72. The molecule has 12 heavy (non-hydrogen) atoms. The van der Waals surface area contributed by atoms with Crippen LogP contribution in [0, 0.1) is 23.7 Å². The fourth-order valence-corrected chi connectivity index (χ4v) is 3.08. The summed E-state index contributed by atoms with van der Waals surface area (Å²) < 4.78 is 0. The van der Waals surface area contributed by atoms with Crippen molar-refractivity contribution in [2.24, 2.45) is 23.7 Å². The average molecular weight is 164 g/mol. The summed E-state index contributed by atoms with van der Waals surface area (Å²) in [6.45, 7) is 0. The fraction of sp³-hybridized carbons (Fsp3) is 0.600. The molecule has 2 bridgehead atoms. The number of hydrogen-bond donors (Lipinski definition) is 2. The highest BCUT2D eigenvalue weighted by atomic mass is 16.5. The lowest BCUT2D eigenvalue weighted by atomic mass is 9.83. The summed E-state index contributed by atoms with van der Waals surface area (Å²) in [6.07, 6.45) is 8.99. The molecule has 0 aromatic rings. The Balaban J connectivity index is 2.04. The van der Waals surface area contributed by atoms with Gasteiger partial charge in [0.1, 0.15) is 0 Å². The molecule has 2 nitrogen and oxygen atoms in total. The van der Waals surface area contributed by atoms with Gasteiger partial charge in [0.05, 0.1) is 0 Å². The van der Waals surface area contributed by atoms with Gasteiger partial charge >= 0.3 is 0 Å². The summed E-state index contributed by atoms with van der Waals surface area (Å²) in [5.74, 6) is -0.153. The first-order valence-electron chi connectivity index (χ1n) is 4.51. The molecule has 4 atom stereocenters. The van der Waals surface area contributed by atoms with Crippen molar-refractivity contribution in [2.45, 2.75) is 12.2 Å². The van der Waals surface area contributed by atoms with Crippen LogP contribution in [0.25, 0.3) is 0 Å². The van der Waals surface area contributed by atoms with Gasteiger partial charge in [0.25, 0.3) is 0 Å². The van der Waals surface area contributed by atoms with Crippen molar-refractivity contribution in [2.75, 3.05) is 0 Å². The van der Waals surface area contributed by atoms with Gasteiger partial charge in [-0.25, -0.2) is 0 Å². The zero-order chi connectivity index (χ0) is 8.34. The Morgan fingerprint density at radius 1 is 1.08 bits per heavy atom. The van der Waals surface area contributed by atoms with E-state index in [-0.39, 0.29) is 5.92 Å². The molecule has 0 amide bonds. The minimum Gasteiger partial charge on any atom is -0.362 e. The van der Waals surface area contributed by atoms with Crippen LogP contribution in [-0.2, 0) is 0 Å². The van der Waals surface area contributed by atoms with E-state index in [9.17, 15) is 10.2 Å². The zero-order valence-corrected chi connectivity index (χ0v) is 6.72. The van der Waals surface area contributed by atoms with Gasteiger partial charge in [0.15, 0.2) is 5.79 Å². The summed E-state index contributed by atoms with van der Waals surface area (Å²) in [5.41, 5.74) is 0. The van der Waals surface area contributed by atoms with Crippen LogP contribution in [-0.4, -0.2) is 16.0 Å². The molecule has 0 aromatic carbocycles. The maximum absolute atomic E-state index is 9.62. The Morgan fingerprint density at radius 2 is 1.83 bits per heavy atom. The van der Waals surface area contributed by atoms with Crippen LogP contribution < -0.4 is 0 Å². The van der Waals surface area contributed by atoms with Crippen molar-refractivity contribution in [3.63, 3.8) is 0 Å². The monoisotopic (exact) mass is 164 g/mol. The molecule has 2 heteroatoms. The molecule has 3 aliphatic rings. The Labute approximate surface area is 71.2 Å². The Bertz CT molecular complexity index is 278. The molecule has 0 heterocycles. The average Bonchev–Trinajstić information content (AvgIpc) is 2.61. The minimum absolute atomic E-state index is 0.0347. The summed E-state index contributed by atoms with van der Waals surface area (Å²) in [7, 11) is 0. The summed E-state index contributed by atoms with van der Waals surface area (Å²) >= 11 is 0. The number of aliphatic hydroxyl groups is 2. The molecular formula is C10H12O2. The van der Waals surface area contributed by atoms with Gasteiger partial charge in [0.2, 0.25) is 0 Å². The van der Waals surface area contributed by atoms with Crippen molar-refractivity contribution in [1.29, 1.82) is 0 Å². The van der Waals surface area contributed by atoms with Crippen LogP contribution in [0.5, 0.6) is 0 Å². The summed E-state index contributed by atoms with van der Waals surface area (Å²) in [5, 5.41) is 19.2. The molecular weight excluding hydrogens is 152 g/mol. The highest BCUT2D eigenvalue weighted by Crippen LogP contribution is 2.55. The van der Waals surface area contributed by atoms with E-state index in [1.54, 1.807) is 6.08 Å². The second-order valence-electron chi connectivity index (χ2n) is 4.19. The van der Waals surface area contributed by atoms with Crippen LogP contribution in [0.2, 0.25) is 0 Å². The van der Waals surface area contributed by atoms with E-state index in [1.165, 1.54) is 0 Å². The third-order valence-electron chi connectivity index (χ3n) is 3.57. The molecule has 2 N–H and O–H groups in total. The molecule has 3 aliphatic carbocycles. The minimum atomic E-state index is -1.53. The number of allylic oxidation sites excluding steroid dienone is 3. The van der Waals surface area contributed by atoms with Gasteiger partial charge in [0, 0.05) is 5.92 Å². The van der Waals surface area contributed by atoms with Crippen LogP contribution in [0.1, 0.15) is 6.42 Å². The molecule has 0 aromatic heterocycles. The quantitative estimate of drug-likeness (QED) is 0.408. The van der Waals surface area contributed by atoms with E-state index in [0.717, 1.165) is 6.42 Å². The van der Waals surface area contributed by atoms with E-state index in [4.69, 9.17) is 0 Å². The van der Waals surface area contributed by atoms with Crippen molar-refractivity contribution in [3.05, 3.63) is 24.3 Å². The highest BCUT2D eigenvalue weighted by Gasteiger charge is 2.54. The Morgan fingerprint density at radius 3 is 2.58 bits per heavy atom. The summed E-state index contributed by atoms with van der Waals surface area (Å²) in [4.78, 5) is 0. The Kier molecular flexibility index (Phi) is 1.05. The van der Waals surface area contributed by atoms with Gasteiger partial charge < -0.3 is 10.2 Å². The van der Waals surface area contributed by atoms with Crippen LogP contribution in [0.4, 0.5) is 0 Å². The number of fused-ring (bicyclic) bond motifs is 5. The van der Waals surface area contributed by atoms with E-state index in [0.29, 0.717) is 17.8 Å². The van der Waals surface area contributed by atoms with Crippen molar-refractivity contribution in [3.8, 4) is 0 Å². The van der Waals surface area contributed by atoms with Crippen molar-refractivity contribution >= 4 is 0 Å². The topological polar surface area (TPSA) is 40.5 Å². The van der Waals surface area contributed by atoms with Crippen LogP contribution >= 0.6 is 0 Å². The predicted molar refractivity (Wildman–Crippen MR) is 44.0 cm³/mol. The van der Waals surface area contributed by atoms with Gasteiger partial charge in [-0.1, -0.05) is 18.2 Å². The number of rotatable bonds is 0. The Hall–Kier alpha value is -0.600. The molecule has 1 saturated carbocycles. The lowest BCUT2D eigenvalue weighted by Gasteiger charge is -2.28. The first-order valence-corrected chi connectivity index (χ1v) is 4.51. The molecule has 0 saturated heterocycles. The van der Waals surface area contributed by atoms with Gasteiger partial charge in [-0.15, -0.1) is 0 Å². The van der Waals surface area contributed by atoms with Crippen molar-refractivity contribution in [1.82, 2.24) is 0 Å². The smallest absolute Gasteiger partial charge is 0.186 e. The molecule has 4 unspecified atom stereocenters. The van der Waals surface area contributed by atoms with Gasteiger partial charge in [-0.3, -0.25) is 0 Å². The van der Waals surface area contributed by atoms with Crippen LogP contribution in [0.15, 0.2) is 24.3 Å². The van der Waals surface area contributed by atoms with E-state index < -0.39 is 5.79 Å². The van der Waals surface area contributed by atoms with Gasteiger partial charge in [-0.05, 0) is 30.3 Å². The lowest BCUT2D eigenvalue weighted by Crippen LogP contribution is -2.37. The second kappa shape index (κ2) is 1.83. The molecule has 3 rings (SSSR count). The van der Waals surface area contributed by atoms with Crippen LogP contribution in [0.3, 0.4) is 0 Å². The van der Waals surface area contributed by atoms with E-state index >= 15 is 0 Å². The first-order chi connectivity index (χ1) is 5.68. The predicted octanol–water partition coefficient (Wildman–Crippen LogP) is 0.675. The molecule has 0 spiro atoms. The fourth-order valence-electron chi connectivity index (χ4n) is 3.08. The third-order valence-corrected chi connectivity index (χ3v) is 3.57. The number of hydrogen-bond acceptors (Lipinski definition) is 2. The normalized spacial score (nSPS) is 51.8. The largest absolute Gasteiger partial charge is 0.362 e. The second-order valence-corrected chi connectivity index (χ2v) is 4.19. The van der Waals surface area contributed by atoms with Gasteiger partial charge in [-0.2, -0.15) is 0 Å². The van der Waals surface area contributed by atoms with Crippen molar-refractivity contribution < 1.29 is 10.2 Å². The maximum Gasteiger partial charge on any atom is 0.186 e. The SMILES string of the molecule is OC1(O)C=CC2C3C=CC(C3)C21. The molecule has 0 radical (unpaired) electrons. The highest BCUT2D eigenvalue weighted by molar-refractivity contribution is 5.26. The third kappa shape index (κ3) is 0.632. The van der Waals surface area contributed by atoms with E-state index in [1.807, 2.05) is 6.08 Å². The lowest BCUT2D eigenvalue weighted by molar-refractivity contribution is -0.164. The van der Waals surface area contributed by atoms with E-state index in [2.05, 4.69) is 12.2 Å². The molecule has 0 aliphatic heterocycles.